The zero-order valence-electron chi connectivity index (χ0n) is 8.41. The number of phenolic OH excluding ortho intramolecular Hbond substituents is 1. The van der Waals surface area contributed by atoms with Gasteiger partial charge >= 0.3 is 0 Å². The summed E-state index contributed by atoms with van der Waals surface area (Å²) in [5.74, 6) is 0.265. The van der Waals surface area contributed by atoms with Gasteiger partial charge in [-0.1, -0.05) is 6.07 Å². The van der Waals surface area contributed by atoms with Crippen molar-refractivity contribution in [1.29, 1.82) is 0 Å². The molecular formula is C10H16O4. The predicted octanol–water partition coefficient (Wildman–Crippen LogP) is 0.860. The van der Waals surface area contributed by atoms with Gasteiger partial charge in [-0.05, 0) is 17.7 Å². The van der Waals surface area contributed by atoms with E-state index in [1.54, 1.807) is 20.3 Å². The largest absolute Gasteiger partial charge is 0.508 e. The number of rotatable bonds is 4. The fraction of sp³-hybridized carbons (Fsp3) is 0.400. The van der Waals surface area contributed by atoms with E-state index in [1.807, 2.05) is 12.1 Å². The molecule has 1 aromatic carbocycles. The Morgan fingerprint density at radius 1 is 1.14 bits per heavy atom. The van der Waals surface area contributed by atoms with Crippen LogP contribution in [-0.4, -0.2) is 24.8 Å². The Labute approximate surface area is 83.4 Å². The highest BCUT2D eigenvalue weighted by Crippen LogP contribution is 2.19. The lowest BCUT2D eigenvalue weighted by Gasteiger charge is -2.06. The van der Waals surface area contributed by atoms with Gasteiger partial charge in [0, 0.05) is 19.8 Å². The van der Waals surface area contributed by atoms with E-state index in [-0.39, 0.29) is 11.2 Å². The number of methoxy groups -OCH3 is 2. The van der Waals surface area contributed by atoms with E-state index in [1.165, 1.54) is 0 Å². The molecule has 0 atom stereocenters. The summed E-state index contributed by atoms with van der Waals surface area (Å²) in [4.78, 5) is 0. The van der Waals surface area contributed by atoms with Gasteiger partial charge in [0.15, 0.2) is 0 Å². The van der Waals surface area contributed by atoms with Gasteiger partial charge in [-0.2, -0.15) is 0 Å². The molecule has 0 aliphatic rings. The summed E-state index contributed by atoms with van der Waals surface area (Å²) >= 11 is 0. The van der Waals surface area contributed by atoms with Crippen LogP contribution in [0.4, 0.5) is 0 Å². The second kappa shape index (κ2) is 6.37. The first-order valence-corrected chi connectivity index (χ1v) is 4.06. The summed E-state index contributed by atoms with van der Waals surface area (Å²) in [7, 11) is 3.24. The summed E-state index contributed by atoms with van der Waals surface area (Å²) < 4.78 is 9.92. The fourth-order valence-electron chi connectivity index (χ4n) is 1.17. The maximum absolute atomic E-state index is 9.41. The summed E-state index contributed by atoms with van der Waals surface area (Å²) in [6, 6.07) is 5.36. The highest BCUT2D eigenvalue weighted by molar-refractivity contribution is 5.35. The van der Waals surface area contributed by atoms with Gasteiger partial charge in [0.25, 0.3) is 0 Å². The highest BCUT2D eigenvalue weighted by Gasteiger charge is 2.01. The topological polar surface area (TPSA) is 70.2 Å². The first kappa shape index (κ1) is 12.9. The second-order valence-electron chi connectivity index (χ2n) is 2.83. The van der Waals surface area contributed by atoms with Crippen LogP contribution in [0.1, 0.15) is 11.1 Å². The molecule has 1 rings (SSSR count). The predicted molar refractivity (Wildman–Crippen MR) is 53.1 cm³/mol. The third-order valence-corrected chi connectivity index (χ3v) is 1.75. The Bertz CT molecular complexity index is 273. The van der Waals surface area contributed by atoms with Crippen molar-refractivity contribution in [1.82, 2.24) is 0 Å². The van der Waals surface area contributed by atoms with Crippen molar-refractivity contribution in [3.05, 3.63) is 29.3 Å². The van der Waals surface area contributed by atoms with Crippen LogP contribution in [0.2, 0.25) is 0 Å². The van der Waals surface area contributed by atoms with Crippen LogP contribution in [0.5, 0.6) is 5.75 Å². The van der Waals surface area contributed by atoms with E-state index < -0.39 is 0 Å². The summed E-state index contributed by atoms with van der Waals surface area (Å²) in [5.41, 5.74) is 1.82. The van der Waals surface area contributed by atoms with Gasteiger partial charge in [0.2, 0.25) is 0 Å². The molecule has 4 heteroatoms. The molecule has 3 N–H and O–H groups in total. The molecule has 0 aliphatic carbocycles. The van der Waals surface area contributed by atoms with Gasteiger partial charge in [-0.15, -0.1) is 0 Å². The SMILES string of the molecule is COCc1ccc(O)c(COC)c1.O. The van der Waals surface area contributed by atoms with Gasteiger partial charge < -0.3 is 20.1 Å². The maximum Gasteiger partial charge on any atom is 0.121 e. The lowest BCUT2D eigenvalue weighted by atomic mass is 10.1. The number of ether oxygens (including phenoxy) is 2. The first-order chi connectivity index (χ1) is 6.27. The van der Waals surface area contributed by atoms with Crippen LogP contribution in [0.3, 0.4) is 0 Å². The molecule has 14 heavy (non-hydrogen) atoms. The lowest BCUT2D eigenvalue weighted by molar-refractivity contribution is 0.178. The van der Waals surface area contributed by atoms with Crippen LogP contribution < -0.4 is 0 Å². The Hall–Kier alpha value is -1.10. The van der Waals surface area contributed by atoms with Crippen molar-refractivity contribution < 1.29 is 20.1 Å². The monoisotopic (exact) mass is 200 g/mol. The van der Waals surface area contributed by atoms with E-state index >= 15 is 0 Å². The third kappa shape index (κ3) is 3.33. The average molecular weight is 200 g/mol. The molecule has 0 radical (unpaired) electrons. The zero-order chi connectivity index (χ0) is 9.68. The van der Waals surface area contributed by atoms with E-state index in [9.17, 15) is 5.11 Å². The lowest BCUT2D eigenvalue weighted by Crippen LogP contribution is -1.92. The van der Waals surface area contributed by atoms with Crippen LogP contribution in [0, 0.1) is 0 Å². The van der Waals surface area contributed by atoms with E-state index in [0.717, 1.165) is 11.1 Å². The van der Waals surface area contributed by atoms with Crippen molar-refractivity contribution in [3.63, 3.8) is 0 Å². The Kier molecular flexibility index (Phi) is 5.87. The second-order valence-corrected chi connectivity index (χ2v) is 2.83. The van der Waals surface area contributed by atoms with Gasteiger partial charge in [0.1, 0.15) is 5.75 Å². The van der Waals surface area contributed by atoms with Crippen molar-refractivity contribution >= 4 is 0 Å². The van der Waals surface area contributed by atoms with E-state index in [0.29, 0.717) is 13.2 Å². The summed E-state index contributed by atoms with van der Waals surface area (Å²) in [6.07, 6.45) is 0. The van der Waals surface area contributed by atoms with E-state index in [4.69, 9.17) is 9.47 Å². The minimum atomic E-state index is 0. The molecule has 4 nitrogen and oxygen atoms in total. The molecule has 80 valence electrons. The molecule has 0 spiro atoms. The van der Waals surface area contributed by atoms with Gasteiger partial charge in [0.05, 0.1) is 13.2 Å². The molecule has 1 aromatic rings. The molecular weight excluding hydrogens is 184 g/mol. The van der Waals surface area contributed by atoms with Crippen molar-refractivity contribution in [2.24, 2.45) is 0 Å². The van der Waals surface area contributed by atoms with Crippen LogP contribution in [0.15, 0.2) is 18.2 Å². The molecule has 0 saturated heterocycles. The molecule has 0 fully saturated rings. The van der Waals surface area contributed by atoms with Crippen molar-refractivity contribution in [3.8, 4) is 5.75 Å². The van der Waals surface area contributed by atoms with Gasteiger partial charge in [-0.25, -0.2) is 0 Å². The molecule has 0 aliphatic heterocycles. The average Bonchev–Trinajstić information content (AvgIpc) is 2.12. The number of phenols is 1. The molecule has 0 unspecified atom stereocenters. The first-order valence-electron chi connectivity index (χ1n) is 4.06. The quantitative estimate of drug-likeness (QED) is 0.783. The highest BCUT2D eigenvalue weighted by atomic mass is 16.5. The Balaban J connectivity index is 0.00000169. The molecule has 0 bridgehead atoms. The number of aromatic hydroxyl groups is 1. The Morgan fingerprint density at radius 3 is 2.36 bits per heavy atom. The standard InChI is InChI=1S/C10H14O3.H2O/c1-12-6-8-3-4-10(11)9(5-8)7-13-2;/h3-5,11H,6-7H2,1-2H3;1H2. The van der Waals surface area contributed by atoms with Gasteiger partial charge in [-0.3, -0.25) is 0 Å². The number of hydrogen-bond donors (Lipinski definition) is 1. The minimum Gasteiger partial charge on any atom is -0.508 e. The smallest absolute Gasteiger partial charge is 0.121 e. The fourth-order valence-corrected chi connectivity index (χ4v) is 1.17. The van der Waals surface area contributed by atoms with Crippen LogP contribution >= 0.6 is 0 Å². The number of hydrogen-bond acceptors (Lipinski definition) is 3. The Morgan fingerprint density at radius 2 is 1.79 bits per heavy atom. The third-order valence-electron chi connectivity index (χ3n) is 1.75. The van der Waals surface area contributed by atoms with Crippen LogP contribution in [-0.2, 0) is 22.7 Å². The van der Waals surface area contributed by atoms with E-state index in [2.05, 4.69) is 0 Å². The maximum atomic E-state index is 9.41. The minimum absolute atomic E-state index is 0. The molecule has 0 aromatic heterocycles. The van der Waals surface area contributed by atoms with Crippen molar-refractivity contribution in [2.75, 3.05) is 14.2 Å². The zero-order valence-corrected chi connectivity index (χ0v) is 8.41. The summed E-state index contributed by atoms with van der Waals surface area (Å²) in [5, 5.41) is 9.41. The molecule has 0 saturated carbocycles. The molecule has 0 amide bonds. The normalized spacial score (nSPS) is 9.57. The summed E-state index contributed by atoms with van der Waals surface area (Å²) in [6.45, 7) is 0.973. The molecule has 0 heterocycles. The van der Waals surface area contributed by atoms with Crippen molar-refractivity contribution in [2.45, 2.75) is 13.2 Å². The van der Waals surface area contributed by atoms with Crippen LogP contribution in [0.25, 0.3) is 0 Å². The number of benzene rings is 1.